The van der Waals surface area contributed by atoms with Crippen LogP contribution in [0, 0.1) is 0 Å². The van der Waals surface area contributed by atoms with E-state index in [1.54, 1.807) is 0 Å². The second kappa shape index (κ2) is 5.68. The van der Waals surface area contributed by atoms with Crippen LogP contribution in [0.1, 0.15) is 6.92 Å². The quantitative estimate of drug-likeness (QED) is 0.538. The molecule has 0 N–H and O–H groups in total. The summed E-state index contributed by atoms with van der Waals surface area (Å²) in [5, 5.41) is 0. The van der Waals surface area contributed by atoms with Gasteiger partial charge in [-0.3, -0.25) is 4.90 Å². The van der Waals surface area contributed by atoms with Crippen molar-refractivity contribution in [3.63, 3.8) is 0 Å². The first-order valence-electron chi connectivity index (χ1n) is 4.92. The molecule has 76 valence electrons. The Morgan fingerprint density at radius 2 is 2.15 bits per heavy atom. The standard InChI is InChI=1S/C10H20N2S/c1-10-9-12(5-3-4-8-13)7-6-11(10)2/h3-4,10,13H,5-9H2,1-2H3. The second-order valence-electron chi connectivity index (χ2n) is 3.74. The number of thiol groups is 1. The molecule has 0 aromatic heterocycles. The molecule has 0 spiro atoms. The summed E-state index contributed by atoms with van der Waals surface area (Å²) in [6, 6.07) is 0.693. The SMILES string of the molecule is CC1CN(CC=CCS)CCN1C. The van der Waals surface area contributed by atoms with Crippen molar-refractivity contribution >= 4 is 12.6 Å². The summed E-state index contributed by atoms with van der Waals surface area (Å²) in [5.74, 6) is 0.850. The minimum Gasteiger partial charge on any atom is -0.301 e. The normalized spacial score (nSPS) is 27.2. The van der Waals surface area contributed by atoms with Gasteiger partial charge < -0.3 is 4.90 Å². The Bertz CT molecular complexity index is 170. The monoisotopic (exact) mass is 200 g/mol. The molecule has 1 aliphatic rings. The molecule has 13 heavy (non-hydrogen) atoms. The van der Waals surface area contributed by atoms with Gasteiger partial charge in [0.1, 0.15) is 0 Å². The lowest BCUT2D eigenvalue weighted by molar-refractivity contribution is 0.114. The van der Waals surface area contributed by atoms with Crippen molar-refractivity contribution in [1.29, 1.82) is 0 Å². The summed E-state index contributed by atoms with van der Waals surface area (Å²) in [6.07, 6.45) is 4.33. The van der Waals surface area contributed by atoms with E-state index in [1.165, 1.54) is 19.6 Å². The first kappa shape index (κ1) is 11.1. The number of rotatable bonds is 3. The van der Waals surface area contributed by atoms with Crippen molar-refractivity contribution in [3.05, 3.63) is 12.2 Å². The van der Waals surface area contributed by atoms with Crippen LogP contribution in [-0.4, -0.2) is 54.8 Å². The van der Waals surface area contributed by atoms with E-state index in [-0.39, 0.29) is 0 Å². The topological polar surface area (TPSA) is 6.48 Å². The molecule has 0 aliphatic carbocycles. The van der Waals surface area contributed by atoms with Crippen molar-refractivity contribution in [1.82, 2.24) is 9.80 Å². The van der Waals surface area contributed by atoms with Crippen LogP contribution in [0.25, 0.3) is 0 Å². The van der Waals surface area contributed by atoms with Gasteiger partial charge in [0.2, 0.25) is 0 Å². The Balaban J connectivity index is 2.25. The second-order valence-corrected chi connectivity index (χ2v) is 4.11. The van der Waals surface area contributed by atoms with Gasteiger partial charge in [0.25, 0.3) is 0 Å². The predicted octanol–water partition coefficient (Wildman–Crippen LogP) is 1.11. The molecule has 0 amide bonds. The molecular formula is C10H20N2S. The predicted molar refractivity (Wildman–Crippen MR) is 61.5 cm³/mol. The smallest absolute Gasteiger partial charge is 0.0192 e. The summed E-state index contributed by atoms with van der Waals surface area (Å²) >= 11 is 4.14. The van der Waals surface area contributed by atoms with Crippen molar-refractivity contribution in [2.75, 3.05) is 39.0 Å². The zero-order valence-corrected chi connectivity index (χ0v) is 9.50. The minimum atomic E-state index is 0.693. The fourth-order valence-corrected chi connectivity index (χ4v) is 1.74. The summed E-state index contributed by atoms with van der Waals surface area (Å²) < 4.78 is 0. The van der Waals surface area contributed by atoms with Gasteiger partial charge in [-0.05, 0) is 14.0 Å². The number of likely N-dealkylation sites (N-methyl/N-ethyl adjacent to an activating group) is 1. The summed E-state index contributed by atoms with van der Waals surface area (Å²) in [6.45, 7) is 6.94. The first-order chi connectivity index (χ1) is 6.24. The van der Waals surface area contributed by atoms with Crippen molar-refractivity contribution < 1.29 is 0 Å². The van der Waals surface area contributed by atoms with Crippen LogP contribution in [0.5, 0.6) is 0 Å². The highest BCUT2D eigenvalue weighted by molar-refractivity contribution is 7.80. The molecule has 0 saturated carbocycles. The van der Waals surface area contributed by atoms with Gasteiger partial charge in [-0.1, -0.05) is 12.2 Å². The number of nitrogens with zero attached hydrogens (tertiary/aromatic N) is 2. The van der Waals surface area contributed by atoms with Crippen LogP contribution in [0.15, 0.2) is 12.2 Å². The molecular weight excluding hydrogens is 180 g/mol. The van der Waals surface area contributed by atoms with Crippen molar-refractivity contribution in [3.8, 4) is 0 Å². The van der Waals surface area contributed by atoms with Crippen LogP contribution < -0.4 is 0 Å². The minimum absolute atomic E-state index is 0.693. The molecule has 0 aromatic carbocycles. The number of hydrogen-bond acceptors (Lipinski definition) is 3. The molecule has 0 aromatic rings. The molecule has 1 aliphatic heterocycles. The number of piperazine rings is 1. The van der Waals surface area contributed by atoms with Crippen LogP contribution in [-0.2, 0) is 0 Å². The number of hydrogen-bond donors (Lipinski definition) is 1. The maximum absolute atomic E-state index is 4.14. The first-order valence-corrected chi connectivity index (χ1v) is 5.55. The Morgan fingerprint density at radius 1 is 1.38 bits per heavy atom. The molecule has 2 nitrogen and oxygen atoms in total. The summed E-state index contributed by atoms with van der Waals surface area (Å²) in [7, 11) is 2.20. The third-order valence-corrected chi connectivity index (χ3v) is 2.89. The van der Waals surface area contributed by atoms with Crippen LogP contribution in [0.4, 0.5) is 0 Å². The van der Waals surface area contributed by atoms with E-state index in [0.29, 0.717) is 6.04 Å². The lowest BCUT2D eigenvalue weighted by atomic mass is 10.2. The van der Waals surface area contributed by atoms with Crippen molar-refractivity contribution in [2.24, 2.45) is 0 Å². The molecule has 1 atom stereocenters. The van der Waals surface area contributed by atoms with E-state index in [1.807, 2.05) is 0 Å². The molecule has 1 saturated heterocycles. The molecule has 3 heteroatoms. The van der Waals surface area contributed by atoms with Crippen molar-refractivity contribution in [2.45, 2.75) is 13.0 Å². The highest BCUT2D eigenvalue weighted by atomic mass is 32.1. The fourth-order valence-electron chi connectivity index (χ4n) is 1.59. The molecule has 0 bridgehead atoms. The van der Waals surface area contributed by atoms with E-state index in [9.17, 15) is 0 Å². The lowest BCUT2D eigenvalue weighted by Gasteiger charge is -2.37. The maximum atomic E-state index is 4.14. The highest BCUT2D eigenvalue weighted by Gasteiger charge is 2.18. The highest BCUT2D eigenvalue weighted by Crippen LogP contribution is 2.06. The van der Waals surface area contributed by atoms with Gasteiger partial charge in [0, 0.05) is 38.0 Å². The third-order valence-electron chi connectivity index (χ3n) is 2.68. The van der Waals surface area contributed by atoms with Crippen LogP contribution in [0.3, 0.4) is 0 Å². The summed E-state index contributed by atoms with van der Waals surface area (Å²) in [4.78, 5) is 4.91. The molecule has 1 rings (SSSR count). The van der Waals surface area contributed by atoms with Gasteiger partial charge in [0.05, 0.1) is 0 Å². The van der Waals surface area contributed by atoms with Gasteiger partial charge in [-0.15, -0.1) is 0 Å². The van der Waals surface area contributed by atoms with Gasteiger partial charge in [0.15, 0.2) is 0 Å². The Kier molecular flexibility index (Phi) is 4.84. The lowest BCUT2D eigenvalue weighted by Crippen LogP contribution is -2.49. The zero-order valence-electron chi connectivity index (χ0n) is 8.61. The zero-order chi connectivity index (χ0) is 9.68. The van der Waals surface area contributed by atoms with E-state index in [0.717, 1.165) is 12.3 Å². The van der Waals surface area contributed by atoms with Gasteiger partial charge in [-0.2, -0.15) is 12.6 Å². The third kappa shape index (κ3) is 3.71. The summed E-state index contributed by atoms with van der Waals surface area (Å²) in [5.41, 5.74) is 0. The van der Waals surface area contributed by atoms with E-state index < -0.39 is 0 Å². The molecule has 1 heterocycles. The van der Waals surface area contributed by atoms with Gasteiger partial charge in [-0.25, -0.2) is 0 Å². The molecule has 0 radical (unpaired) electrons. The fraction of sp³-hybridized carbons (Fsp3) is 0.800. The Morgan fingerprint density at radius 3 is 2.77 bits per heavy atom. The molecule has 1 fully saturated rings. The van der Waals surface area contributed by atoms with Crippen LogP contribution >= 0.6 is 12.6 Å². The largest absolute Gasteiger partial charge is 0.301 e. The average Bonchev–Trinajstić information content (AvgIpc) is 2.12. The average molecular weight is 200 g/mol. The van der Waals surface area contributed by atoms with Gasteiger partial charge >= 0.3 is 0 Å². The Labute approximate surface area is 87.0 Å². The maximum Gasteiger partial charge on any atom is 0.0192 e. The van der Waals surface area contributed by atoms with E-state index in [2.05, 4.69) is 48.6 Å². The van der Waals surface area contributed by atoms with E-state index in [4.69, 9.17) is 0 Å². The molecule has 1 unspecified atom stereocenters. The Hall–Kier alpha value is 0.01000. The van der Waals surface area contributed by atoms with Crippen LogP contribution in [0.2, 0.25) is 0 Å². The van der Waals surface area contributed by atoms with E-state index >= 15 is 0 Å².